The maximum atomic E-state index is 4.50. The summed E-state index contributed by atoms with van der Waals surface area (Å²) < 4.78 is 1.96. The van der Waals surface area contributed by atoms with E-state index in [1.54, 1.807) is 0 Å². The number of rotatable bonds is 6. The summed E-state index contributed by atoms with van der Waals surface area (Å²) in [6.07, 6.45) is 5.03. The molecule has 1 unspecified atom stereocenters. The molecule has 144 valence electrons. The molecule has 1 aromatic heterocycles. The molecule has 0 radical (unpaired) electrons. The molecule has 0 spiro atoms. The Bertz CT molecular complexity index is 548. The van der Waals surface area contributed by atoms with Gasteiger partial charge < -0.3 is 15.5 Å². The molecule has 7 heteroatoms. The first-order valence-electron chi connectivity index (χ1n) is 9.20. The molecule has 2 rings (SSSR count). The molecule has 1 aliphatic heterocycles. The van der Waals surface area contributed by atoms with Crippen molar-refractivity contribution in [2.45, 2.75) is 52.5 Å². The Balaban J connectivity index is 0.00000312. The van der Waals surface area contributed by atoms with Crippen LogP contribution in [0.4, 0.5) is 0 Å². The van der Waals surface area contributed by atoms with E-state index in [0.717, 1.165) is 31.2 Å². The lowest BCUT2D eigenvalue weighted by Crippen LogP contribution is -2.46. The number of nitrogens with zero attached hydrogens (tertiary/aromatic N) is 4. The minimum Gasteiger partial charge on any atom is -0.355 e. The van der Waals surface area contributed by atoms with Crippen LogP contribution in [0.5, 0.6) is 0 Å². The van der Waals surface area contributed by atoms with E-state index < -0.39 is 0 Å². The topological polar surface area (TPSA) is 57.5 Å². The number of aromatic nitrogens is 2. The number of halogens is 1. The average molecular weight is 462 g/mol. The quantitative estimate of drug-likeness (QED) is 0.387. The highest BCUT2D eigenvalue weighted by Crippen LogP contribution is 2.14. The van der Waals surface area contributed by atoms with Crippen LogP contribution in [0.15, 0.2) is 4.99 Å². The smallest absolute Gasteiger partial charge is 0.191 e. The second-order valence-corrected chi connectivity index (χ2v) is 6.92. The predicted molar refractivity (Wildman–Crippen MR) is 116 cm³/mol. The zero-order valence-electron chi connectivity index (χ0n) is 16.4. The molecule has 1 saturated heterocycles. The molecule has 0 amide bonds. The minimum atomic E-state index is 0. The summed E-state index contributed by atoms with van der Waals surface area (Å²) in [5, 5.41) is 11.4. The van der Waals surface area contributed by atoms with Gasteiger partial charge in [-0.2, -0.15) is 5.10 Å². The van der Waals surface area contributed by atoms with Crippen LogP contribution >= 0.6 is 24.0 Å². The van der Waals surface area contributed by atoms with Crippen LogP contribution in [0.1, 0.15) is 43.1 Å². The van der Waals surface area contributed by atoms with Crippen LogP contribution in [-0.2, 0) is 13.5 Å². The maximum absolute atomic E-state index is 4.50. The number of likely N-dealkylation sites (tertiary alicyclic amines) is 1. The highest BCUT2D eigenvalue weighted by atomic mass is 127. The van der Waals surface area contributed by atoms with Crippen molar-refractivity contribution in [1.29, 1.82) is 0 Å². The summed E-state index contributed by atoms with van der Waals surface area (Å²) in [5.41, 5.74) is 3.70. The van der Waals surface area contributed by atoms with Crippen LogP contribution in [0.25, 0.3) is 0 Å². The van der Waals surface area contributed by atoms with E-state index in [0.29, 0.717) is 6.04 Å². The van der Waals surface area contributed by atoms with E-state index in [4.69, 9.17) is 0 Å². The van der Waals surface area contributed by atoms with E-state index in [1.165, 1.54) is 43.6 Å². The van der Waals surface area contributed by atoms with Gasteiger partial charge in [-0.15, -0.1) is 24.0 Å². The SMILES string of the molecule is CN=C(NCCN1CCCCC1)NC(C)Cc1c(C)nn(C)c1C.I. The summed E-state index contributed by atoms with van der Waals surface area (Å²) in [4.78, 5) is 6.89. The van der Waals surface area contributed by atoms with E-state index in [-0.39, 0.29) is 24.0 Å². The third-order valence-corrected chi connectivity index (χ3v) is 4.95. The second-order valence-electron chi connectivity index (χ2n) is 6.92. The van der Waals surface area contributed by atoms with Gasteiger partial charge in [0.1, 0.15) is 0 Å². The largest absolute Gasteiger partial charge is 0.355 e. The van der Waals surface area contributed by atoms with Crippen molar-refractivity contribution < 1.29 is 0 Å². The molecule has 1 atom stereocenters. The Morgan fingerprint density at radius 1 is 1.24 bits per heavy atom. The zero-order chi connectivity index (χ0) is 17.5. The highest BCUT2D eigenvalue weighted by molar-refractivity contribution is 14.0. The van der Waals surface area contributed by atoms with Gasteiger partial charge in [-0.25, -0.2) is 0 Å². The number of nitrogens with one attached hydrogen (secondary N) is 2. The van der Waals surface area contributed by atoms with E-state index >= 15 is 0 Å². The van der Waals surface area contributed by atoms with Gasteiger partial charge in [0.15, 0.2) is 5.96 Å². The zero-order valence-corrected chi connectivity index (χ0v) is 18.8. The highest BCUT2D eigenvalue weighted by Gasteiger charge is 2.14. The summed E-state index contributed by atoms with van der Waals surface area (Å²) in [6, 6.07) is 0.313. The van der Waals surface area contributed by atoms with E-state index in [9.17, 15) is 0 Å². The monoisotopic (exact) mass is 462 g/mol. The fourth-order valence-corrected chi connectivity index (χ4v) is 3.41. The normalized spacial score (nSPS) is 17.1. The molecule has 6 nitrogen and oxygen atoms in total. The van der Waals surface area contributed by atoms with Crippen molar-refractivity contribution in [3.63, 3.8) is 0 Å². The van der Waals surface area contributed by atoms with Gasteiger partial charge in [-0.3, -0.25) is 9.67 Å². The number of piperidine rings is 1. The van der Waals surface area contributed by atoms with Crippen LogP contribution < -0.4 is 10.6 Å². The van der Waals surface area contributed by atoms with E-state index in [1.807, 2.05) is 18.8 Å². The molecule has 0 aliphatic carbocycles. The predicted octanol–water partition coefficient (Wildman–Crippen LogP) is 2.24. The van der Waals surface area contributed by atoms with Crippen molar-refractivity contribution in [1.82, 2.24) is 25.3 Å². The lowest BCUT2D eigenvalue weighted by atomic mass is 10.1. The maximum Gasteiger partial charge on any atom is 0.191 e. The summed E-state index contributed by atoms with van der Waals surface area (Å²) in [6.45, 7) is 10.9. The van der Waals surface area contributed by atoms with Crippen LogP contribution in [0, 0.1) is 13.8 Å². The van der Waals surface area contributed by atoms with Crippen molar-refractivity contribution in [3.8, 4) is 0 Å². The second kappa shape index (κ2) is 11.0. The van der Waals surface area contributed by atoms with Gasteiger partial charge in [0.05, 0.1) is 5.69 Å². The van der Waals surface area contributed by atoms with Gasteiger partial charge in [-0.1, -0.05) is 6.42 Å². The van der Waals surface area contributed by atoms with E-state index in [2.05, 4.69) is 46.4 Å². The lowest BCUT2D eigenvalue weighted by Gasteiger charge is -2.27. The lowest BCUT2D eigenvalue weighted by molar-refractivity contribution is 0.232. The Morgan fingerprint density at radius 3 is 2.48 bits per heavy atom. The summed E-state index contributed by atoms with van der Waals surface area (Å²) in [7, 11) is 3.84. The standard InChI is InChI=1S/C18H34N6.HI/c1-14(13-17-15(2)22-23(5)16(17)3)21-18(19-4)20-9-12-24-10-7-6-8-11-24;/h14H,6-13H2,1-5H3,(H2,19,20,21);1H. The van der Waals surface area contributed by atoms with Crippen LogP contribution in [0.3, 0.4) is 0 Å². The number of aliphatic imine (C=N–C) groups is 1. The first-order chi connectivity index (χ1) is 11.5. The molecule has 1 fully saturated rings. The first kappa shape index (κ1) is 22.2. The Hall–Kier alpha value is -0.830. The number of hydrogen-bond donors (Lipinski definition) is 2. The number of aryl methyl sites for hydroxylation is 2. The molecule has 1 aliphatic rings. The number of guanidine groups is 1. The van der Waals surface area contributed by atoms with Gasteiger partial charge in [-0.05, 0) is 58.7 Å². The molecular formula is C18H35IN6. The summed E-state index contributed by atoms with van der Waals surface area (Å²) >= 11 is 0. The molecule has 0 saturated carbocycles. The van der Waals surface area contributed by atoms with Crippen molar-refractivity contribution in [2.24, 2.45) is 12.0 Å². The Morgan fingerprint density at radius 2 is 1.92 bits per heavy atom. The first-order valence-corrected chi connectivity index (χ1v) is 9.20. The van der Waals surface area contributed by atoms with Crippen molar-refractivity contribution >= 4 is 29.9 Å². The minimum absolute atomic E-state index is 0. The fourth-order valence-electron chi connectivity index (χ4n) is 3.41. The van der Waals surface area contributed by atoms with Gasteiger partial charge >= 0.3 is 0 Å². The number of hydrogen-bond acceptors (Lipinski definition) is 3. The summed E-state index contributed by atoms with van der Waals surface area (Å²) in [5.74, 6) is 0.888. The van der Waals surface area contributed by atoms with Gasteiger partial charge in [0, 0.05) is 38.9 Å². The van der Waals surface area contributed by atoms with Crippen molar-refractivity contribution in [3.05, 3.63) is 17.0 Å². The molecule has 1 aromatic rings. The van der Waals surface area contributed by atoms with Crippen molar-refractivity contribution in [2.75, 3.05) is 33.2 Å². The molecule has 2 heterocycles. The molecule has 2 N–H and O–H groups in total. The molecular weight excluding hydrogens is 427 g/mol. The Kier molecular flexibility index (Phi) is 9.78. The molecule has 0 aromatic carbocycles. The van der Waals surface area contributed by atoms with Gasteiger partial charge in [0.2, 0.25) is 0 Å². The van der Waals surface area contributed by atoms with Crippen LogP contribution in [0.2, 0.25) is 0 Å². The molecule has 25 heavy (non-hydrogen) atoms. The third kappa shape index (κ3) is 6.77. The van der Waals surface area contributed by atoms with Gasteiger partial charge in [0.25, 0.3) is 0 Å². The Labute approximate surface area is 169 Å². The fraction of sp³-hybridized carbons (Fsp3) is 0.778. The van der Waals surface area contributed by atoms with Crippen LogP contribution in [-0.4, -0.2) is 59.9 Å². The third-order valence-electron chi connectivity index (χ3n) is 4.95. The average Bonchev–Trinajstić information content (AvgIpc) is 2.81. The molecule has 0 bridgehead atoms.